The zero-order valence-corrected chi connectivity index (χ0v) is 11.0. The number of aliphatic hydroxyl groups excluding tert-OH is 1. The lowest BCUT2D eigenvalue weighted by Crippen LogP contribution is -2.48. The SMILES string of the molecule is O[C@H]1CCC[C@@H]1N1CCC2(CCCCC2)CC1. The Hall–Kier alpha value is -0.0800. The van der Waals surface area contributed by atoms with E-state index in [1.165, 1.54) is 70.9 Å². The Morgan fingerprint density at radius 2 is 1.53 bits per heavy atom. The lowest BCUT2D eigenvalue weighted by atomic mass is 9.68. The minimum atomic E-state index is -0.0320. The number of likely N-dealkylation sites (tertiary alicyclic amines) is 1. The highest BCUT2D eigenvalue weighted by atomic mass is 16.3. The lowest BCUT2D eigenvalue weighted by Gasteiger charge is -2.46. The second-order valence-corrected chi connectivity index (χ2v) is 6.66. The average molecular weight is 237 g/mol. The third kappa shape index (κ3) is 2.39. The molecule has 2 heteroatoms. The third-order valence-corrected chi connectivity index (χ3v) is 5.69. The van der Waals surface area contributed by atoms with Crippen LogP contribution in [0.3, 0.4) is 0 Å². The number of piperidine rings is 1. The summed E-state index contributed by atoms with van der Waals surface area (Å²) in [7, 11) is 0. The van der Waals surface area contributed by atoms with E-state index in [0.29, 0.717) is 11.5 Å². The van der Waals surface area contributed by atoms with Gasteiger partial charge in [-0.05, 0) is 63.5 Å². The van der Waals surface area contributed by atoms with Crippen LogP contribution >= 0.6 is 0 Å². The Morgan fingerprint density at radius 3 is 2.12 bits per heavy atom. The minimum absolute atomic E-state index is 0.0320. The third-order valence-electron chi connectivity index (χ3n) is 5.69. The van der Waals surface area contributed by atoms with Crippen LogP contribution < -0.4 is 0 Å². The van der Waals surface area contributed by atoms with Gasteiger partial charge >= 0.3 is 0 Å². The molecule has 1 saturated heterocycles. The van der Waals surface area contributed by atoms with E-state index in [1.54, 1.807) is 0 Å². The lowest BCUT2D eigenvalue weighted by molar-refractivity contribution is 0.00926. The first-order valence-corrected chi connectivity index (χ1v) is 7.71. The van der Waals surface area contributed by atoms with E-state index in [-0.39, 0.29) is 6.10 Å². The van der Waals surface area contributed by atoms with Crippen molar-refractivity contribution in [2.75, 3.05) is 13.1 Å². The van der Waals surface area contributed by atoms with Crippen molar-refractivity contribution in [3.63, 3.8) is 0 Å². The second-order valence-electron chi connectivity index (χ2n) is 6.66. The number of hydrogen-bond acceptors (Lipinski definition) is 2. The molecule has 1 N–H and O–H groups in total. The van der Waals surface area contributed by atoms with E-state index in [9.17, 15) is 5.11 Å². The first-order valence-electron chi connectivity index (χ1n) is 7.71. The predicted molar refractivity (Wildman–Crippen MR) is 70.0 cm³/mol. The van der Waals surface area contributed by atoms with Gasteiger partial charge < -0.3 is 5.11 Å². The first-order chi connectivity index (χ1) is 8.29. The molecule has 2 aliphatic carbocycles. The molecule has 0 aromatic heterocycles. The molecule has 1 spiro atoms. The summed E-state index contributed by atoms with van der Waals surface area (Å²) in [6, 6.07) is 0.496. The highest BCUT2D eigenvalue weighted by Crippen LogP contribution is 2.45. The fourth-order valence-electron chi connectivity index (χ4n) is 4.48. The van der Waals surface area contributed by atoms with Crippen molar-refractivity contribution < 1.29 is 5.11 Å². The number of nitrogens with zero attached hydrogens (tertiary/aromatic N) is 1. The van der Waals surface area contributed by atoms with Crippen LogP contribution in [0.4, 0.5) is 0 Å². The monoisotopic (exact) mass is 237 g/mol. The number of aliphatic hydroxyl groups is 1. The first kappa shape index (κ1) is 12.0. The smallest absolute Gasteiger partial charge is 0.0695 e. The maximum absolute atomic E-state index is 10.0. The summed E-state index contributed by atoms with van der Waals surface area (Å²) < 4.78 is 0. The van der Waals surface area contributed by atoms with E-state index in [2.05, 4.69) is 4.90 Å². The highest BCUT2D eigenvalue weighted by molar-refractivity contribution is 4.93. The number of rotatable bonds is 1. The van der Waals surface area contributed by atoms with E-state index in [4.69, 9.17) is 0 Å². The van der Waals surface area contributed by atoms with Gasteiger partial charge in [0.15, 0.2) is 0 Å². The molecular formula is C15H27NO. The van der Waals surface area contributed by atoms with Crippen LogP contribution in [-0.4, -0.2) is 35.2 Å². The molecule has 0 aromatic rings. The van der Waals surface area contributed by atoms with Crippen LogP contribution in [0, 0.1) is 5.41 Å². The molecule has 3 fully saturated rings. The minimum Gasteiger partial charge on any atom is -0.391 e. The molecule has 1 heterocycles. The molecule has 3 rings (SSSR count). The molecule has 2 saturated carbocycles. The van der Waals surface area contributed by atoms with Crippen LogP contribution in [0.1, 0.15) is 64.2 Å². The van der Waals surface area contributed by atoms with Gasteiger partial charge in [-0.25, -0.2) is 0 Å². The van der Waals surface area contributed by atoms with Gasteiger partial charge in [-0.3, -0.25) is 4.90 Å². The molecule has 0 radical (unpaired) electrons. The zero-order chi connectivity index (χ0) is 11.7. The predicted octanol–water partition coefficient (Wildman–Crippen LogP) is 2.95. The average Bonchev–Trinajstić information content (AvgIpc) is 2.78. The molecule has 17 heavy (non-hydrogen) atoms. The van der Waals surface area contributed by atoms with Crippen molar-refractivity contribution in [3.05, 3.63) is 0 Å². The van der Waals surface area contributed by atoms with Gasteiger partial charge in [0, 0.05) is 6.04 Å². The quantitative estimate of drug-likeness (QED) is 0.758. The van der Waals surface area contributed by atoms with Crippen molar-refractivity contribution in [2.45, 2.75) is 76.4 Å². The van der Waals surface area contributed by atoms with Gasteiger partial charge in [0.05, 0.1) is 6.10 Å². The Kier molecular flexibility index (Phi) is 3.45. The molecule has 2 atom stereocenters. The van der Waals surface area contributed by atoms with Crippen molar-refractivity contribution in [1.82, 2.24) is 4.90 Å². The second kappa shape index (κ2) is 4.89. The highest BCUT2D eigenvalue weighted by Gasteiger charge is 2.39. The summed E-state index contributed by atoms with van der Waals surface area (Å²) in [4.78, 5) is 2.59. The van der Waals surface area contributed by atoms with Gasteiger partial charge in [-0.15, -0.1) is 0 Å². The Morgan fingerprint density at radius 1 is 0.824 bits per heavy atom. The molecule has 1 aliphatic heterocycles. The summed E-state index contributed by atoms with van der Waals surface area (Å²) >= 11 is 0. The zero-order valence-electron chi connectivity index (χ0n) is 11.0. The van der Waals surface area contributed by atoms with Gasteiger partial charge in [-0.1, -0.05) is 19.3 Å². The molecule has 0 bridgehead atoms. The maximum Gasteiger partial charge on any atom is 0.0695 e. The van der Waals surface area contributed by atoms with Gasteiger partial charge in [0.2, 0.25) is 0 Å². The van der Waals surface area contributed by atoms with Crippen LogP contribution in [-0.2, 0) is 0 Å². The topological polar surface area (TPSA) is 23.5 Å². The van der Waals surface area contributed by atoms with E-state index >= 15 is 0 Å². The number of hydrogen-bond donors (Lipinski definition) is 1. The molecule has 0 aromatic carbocycles. The van der Waals surface area contributed by atoms with Crippen LogP contribution in [0.5, 0.6) is 0 Å². The summed E-state index contributed by atoms with van der Waals surface area (Å²) in [6.45, 7) is 2.50. The van der Waals surface area contributed by atoms with Crippen molar-refractivity contribution in [1.29, 1.82) is 0 Å². The fraction of sp³-hybridized carbons (Fsp3) is 1.00. The van der Waals surface area contributed by atoms with E-state index < -0.39 is 0 Å². The van der Waals surface area contributed by atoms with Crippen molar-refractivity contribution >= 4 is 0 Å². The standard InChI is InChI=1S/C15H27NO/c17-14-6-4-5-13(14)16-11-9-15(10-12-16)7-2-1-3-8-15/h13-14,17H,1-12H2/t13-,14-/m0/s1. The molecule has 0 amide bonds. The molecule has 0 unspecified atom stereocenters. The summed E-state index contributed by atoms with van der Waals surface area (Å²) in [5.41, 5.74) is 0.707. The molecule has 3 aliphatic rings. The summed E-state index contributed by atoms with van der Waals surface area (Å²) in [5, 5.41) is 10.0. The van der Waals surface area contributed by atoms with Gasteiger partial charge in [0.1, 0.15) is 0 Å². The van der Waals surface area contributed by atoms with E-state index in [1.807, 2.05) is 0 Å². The fourth-order valence-corrected chi connectivity index (χ4v) is 4.48. The summed E-state index contributed by atoms with van der Waals surface area (Å²) in [6.07, 6.45) is 13.6. The van der Waals surface area contributed by atoms with Crippen LogP contribution in [0.2, 0.25) is 0 Å². The van der Waals surface area contributed by atoms with Crippen molar-refractivity contribution in [3.8, 4) is 0 Å². The molecular weight excluding hydrogens is 210 g/mol. The Bertz CT molecular complexity index is 250. The van der Waals surface area contributed by atoms with Crippen LogP contribution in [0.25, 0.3) is 0 Å². The van der Waals surface area contributed by atoms with Gasteiger partial charge in [-0.2, -0.15) is 0 Å². The summed E-state index contributed by atoms with van der Waals surface area (Å²) in [5.74, 6) is 0. The largest absolute Gasteiger partial charge is 0.391 e. The molecule has 2 nitrogen and oxygen atoms in total. The van der Waals surface area contributed by atoms with E-state index in [0.717, 1.165) is 6.42 Å². The normalized spacial score (nSPS) is 38.6. The molecule has 98 valence electrons. The van der Waals surface area contributed by atoms with Crippen molar-refractivity contribution in [2.24, 2.45) is 5.41 Å². The Balaban J connectivity index is 1.56. The van der Waals surface area contributed by atoms with Gasteiger partial charge in [0.25, 0.3) is 0 Å². The maximum atomic E-state index is 10.0. The van der Waals surface area contributed by atoms with Crippen LogP contribution in [0.15, 0.2) is 0 Å². The Labute approximate surface area is 105 Å².